The number of carbonyl (C=O) groups is 2. The number of ketones is 1. The molecule has 1 heterocycles. The minimum Gasteiger partial charge on any atom is -0.481 e. The first kappa shape index (κ1) is 12.9. The standard InChI is InChI=1S/C14H11ClN2O3/c15-11-5-7(12(18)9-6-10(9)14(19)20)1-2-8(11)13-16-3-4-17-13/h1-5,9-10H,6H2,(H,16,17)(H,19,20)/t9-,10-/m0/s1. The molecule has 0 aliphatic heterocycles. The van der Waals surface area contributed by atoms with Crippen LogP contribution in [0.5, 0.6) is 0 Å². The van der Waals surface area contributed by atoms with Crippen LogP contribution in [0.2, 0.25) is 5.02 Å². The van der Waals surface area contributed by atoms with Crippen LogP contribution in [0.3, 0.4) is 0 Å². The van der Waals surface area contributed by atoms with Crippen molar-refractivity contribution >= 4 is 23.4 Å². The van der Waals surface area contributed by atoms with Crippen LogP contribution in [0.4, 0.5) is 0 Å². The average Bonchev–Trinajstić information content (AvgIpc) is 3.05. The van der Waals surface area contributed by atoms with Gasteiger partial charge in [-0.15, -0.1) is 0 Å². The topological polar surface area (TPSA) is 83.0 Å². The van der Waals surface area contributed by atoms with Gasteiger partial charge in [0.15, 0.2) is 5.78 Å². The third-order valence-electron chi connectivity index (χ3n) is 3.45. The fraction of sp³-hybridized carbons (Fsp3) is 0.214. The summed E-state index contributed by atoms with van der Waals surface area (Å²) in [6.07, 6.45) is 3.71. The Hall–Kier alpha value is -2.14. The second kappa shape index (κ2) is 4.76. The van der Waals surface area contributed by atoms with Crippen LogP contribution in [0, 0.1) is 11.8 Å². The molecule has 0 bridgehead atoms. The quantitative estimate of drug-likeness (QED) is 0.848. The van der Waals surface area contributed by atoms with Crippen molar-refractivity contribution in [2.45, 2.75) is 6.42 Å². The van der Waals surface area contributed by atoms with Gasteiger partial charge < -0.3 is 10.1 Å². The molecular formula is C14H11ClN2O3. The van der Waals surface area contributed by atoms with Gasteiger partial charge in [-0.2, -0.15) is 0 Å². The predicted molar refractivity (Wildman–Crippen MR) is 72.6 cm³/mol. The highest BCUT2D eigenvalue weighted by molar-refractivity contribution is 6.33. The third-order valence-corrected chi connectivity index (χ3v) is 3.76. The van der Waals surface area contributed by atoms with Crippen LogP contribution in [0.25, 0.3) is 11.4 Å². The molecule has 1 aromatic carbocycles. The Kier molecular flexibility index (Phi) is 3.06. The van der Waals surface area contributed by atoms with Crippen molar-refractivity contribution in [2.75, 3.05) is 0 Å². The molecule has 0 spiro atoms. The van der Waals surface area contributed by atoms with Crippen molar-refractivity contribution in [1.29, 1.82) is 0 Å². The molecular weight excluding hydrogens is 280 g/mol. The van der Waals surface area contributed by atoms with Crippen molar-refractivity contribution < 1.29 is 14.7 Å². The number of hydrogen-bond acceptors (Lipinski definition) is 3. The Bertz CT molecular complexity index is 682. The average molecular weight is 291 g/mol. The fourth-order valence-corrected chi connectivity index (χ4v) is 2.51. The van der Waals surface area contributed by atoms with E-state index in [-0.39, 0.29) is 5.78 Å². The number of Topliss-reactive ketones (excluding diaryl/α,β-unsaturated/α-hetero) is 1. The molecule has 2 atom stereocenters. The van der Waals surface area contributed by atoms with E-state index in [1.807, 2.05) is 0 Å². The van der Waals surface area contributed by atoms with Gasteiger partial charge in [0, 0.05) is 29.4 Å². The largest absolute Gasteiger partial charge is 0.481 e. The molecule has 1 fully saturated rings. The number of aromatic nitrogens is 2. The molecule has 1 aromatic heterocycles. The minimum atomic E-state index is -0.915. The smallest absolute Gasteiger partial charge is 0.307 e. The van der Waals surface area contributed by atoms with Gasteiger partial charge in [-0.25, -0.2) is 4.98 Å². The van der Waals surface area contributed by atoms with Crippen molar-refractivity contribution in [3.05, 3.63) is 41.2 Å². The first-order valence-electron chi connectivity index (χ1n) is 6.14. The number of hydrogen-bond donors (Lipinski definition) is 2. The summed E-state index contributed by atoms with van der Waals surface area (Å²) >= 11 is 6.16. The Morgan fingerprint density at radius 3 is 2.70 bits per heavy atom. The molecule has 102 valence electrons. The summed E-state index contributed by atoms with van der Waals surface area (Å²) in [7, 11) is 0. The van der Waals surface area contributed by atoms with Crippen molar-refractivity contribution in [3.8, 4) is 11.4 Å². The number of nitrogens with zero attached hydrogens (tertiary/aromatic N) is 1. The third kappa shape index (κ3) is 2.20. The SMILES string of the molecule is O=C(O)[C@H]1C[C@@H]1C(=O)c1ccc(-c2ncc[nH]2)c(Cl)c1. The number of carboxylic acid groups (broad SMARTS) is 1. The lowest BCUT2D eigenvalue weighted by Gasteiger charge is -2.04. The molecule has 2 N–H and O–H groups in total. The molecule has 1 aliphatic rings. The summed E-state index contributed by atoms with van der Waals surface area (Å²) in [5, 5.41) is 9.27. The molecule has 3 rings (SSSR count). The summed E-state index contributed by atoms with van der Waals surface area (Å²) in [5.41, 5.74) is 1.15. The summed E-state index contributed by atoms with van der Waals surface area (Å²) in [5.74, 6) is -1.42. The van der Waals surface area contributed by atoms with E-state index in [1.54, 1.807) is 30.6 Å². The van der Waals surface area contributed by atoms with Gasteiger partial charge in [0.05, 0.1) is 10.9 Å². The number of halogens is 1. The molecule has 0 saturated heterocycles. The summed E-state index contributed by atoms with van der Waals surface area (Å²) < 4.78 is 0. The fourth-order valence-electron chi connectivity index (χ4n) is 2.24. The molecule has 0 amide bonds. The molecule has 1 saturated carbocycles. The first-order valence-corrected chi connectivity index (χ1v) is 6.52. The number of imidazole rings is 1. The Labute approximate surface area is 119 Å². The lowest BCUT2D eigenvalue weighted by atomic mass is 10.0. The molecule has 1 aliphatic carbocycles. The van der Waals surface area contributed by atoms with E-state index in [1.165, 1.54) is 0 Å². The number of rotatable bonds is 4. The van der Waals surface area contributed by atoms with Gasteiger partial charge in [0.25, 0.3) is 0 Å². The van der Waals surface area contributed by atoms with E-state index in [9.17, 15) is 9.59 Å². The van der Waals surface area contributed by atoms with Gasteiger partial charge in [-0.05, 0) is 18.6 Å². The van der Waals surface area contributed by atoms with Gasteiger partial charge >= 0.3 is 5.97 Å². The summed E-state index contributed by atoms with van der Waals surface area (Å²) in [6.45, 7) is 0. The molecule has 0 unspecified atom stereocenters. The predicted octanol–water partition coefficient (Wildman–Crippen LogP) is 2.63. The Morgan fingerprint density at radius 2 is 2.15 bits per heavy atom. The van der Waals surface area contributed by atoms with Crippen molar-refractivity contribution in [1.82, 2.24) is 9.97 Å². The van der Waals surface area contributed by atoms with E-state index in [0.717, 1.165) is 0 Å². The van der Waals surface area contributed by atoms with E-state index < -0.39 is 17.8 Å². The van der Waals surface area contributed by atoms with Gasteiger partial charge in [0.1, 0.15) is 5.82 Å². The molecule has 0 radical (unpaired) electrons. The van der Waals surface area contributed by atoms with Crippen molar-refractivity contribution in [2.24, 2.45) is 11.8 Å². The number of benzene rings is 1. The van der Waals surface area contributed by atoms with Crippen LogP contribution >= 0.6 is 11.6 Å². The summed E-state index contributed by atoms with van der Waals surface area (Å²) in [6, 6.07) is 4.94. The van der Waals surface area contributed by atoms with Gasteiger partial charge in [-0.1, -0.05) is 17.7 Å². The Morgan fingerprint density at radius 1 is 1.35 bits per heavy atom. The highest BCUT2D eigenvalue weighted by Crippen LogP contribution is 2.41. The lowest BCUT2D eigenvalue weighted by molar-refractivity contribution is -0.138. The number of aromatic amines is 1. The monoisotopic (exact) mass is 290 g/mol. The van der Waals surface area contributed by atoms with E-state index in [4.69, 9.17) is 16.7 Å². The molecule has 5 nitrogen and oxygen atoms in total. The lowest BCUT2D eigenvalue weighted by Crippen LogP contribution is -2.08. The molecule has 2 aromatic rings. The number of carbonyl (C=O) groups excluding carboxylic acids is 1. The van der Waals surface area contributed by atoms with E-state index in [2.05, 4.69) is 9.97 Å². The van der Waals surface area contributed by atoms with Crippen LogP contribution in [-0.4, -0.2) is 26.8 Å². The maximum absolute atomic E-state index is 12.1. The van der Waals surface area contributed by atoms with Gasteiger partial charge in [0.2, 0.25) is 0 Å². The van der Waals surface area contributed by atoms with Crippen LogP contribution < -0.4 is 0 Å². The zero-order valence-electron chi connectivity index (χ0n) is 10.3. The molecule has 20 heavy (non-hydrogen) atoms. The highest BCUT2D eigenvalue weighted by Gasteiger charge is 2.48. The van der Waals surface area contributed by atoms with Crippen LogP contribution in [0.1, 0.15) is 16.8 Å². The van der Waals surface area contributed by atoms with Crippen molar-refractivity contribution in [3.63, 3.8) is 0 Å². The number of H-pyrrole nitrogens is 1. The summed E-state index contributed by atoms with van der Waals surface area (Å²) in [4.78, 5) is 30.0. The Balaban J connectivity index is 1.85. The zero-order valence-corrected chi connectivity index (χ0v) is 11.1. The minimum absolute atomic E-state index is 0.162. The highest BCUT2D eigenvalue weighted by atomic mass is 35.5. The van der Waals surface area contributed by atoms with Crippen LogP contribution in [-0.2, 0) is 4.79 Å². The second-order valence-electron chi connectivity index (χ2n) is 4.78. The molecule has 6 heteroatoms. The van der Waals surface area contributed by atoms with E-state index >= 15 is 0 Å². The maximum atomic E-state index is 12.1. The van der Waals surface area contributed by atoms with Gasteiger partial charge in [-0.3, -0.25) is 9.59 Å². The maximum Gasteiger partial charge on any atom is 0.307 e. The zero-order chi connectivity index (χ0) is 14.3. The second-order valence-corrected chi connectivity index (χ2v) is 5.19. The van der Waals surface area contributed by atoms with E-state index in [0.29, 0.717) is 28.4 Å². The number of nitrogens with one attached hydrogen (secondary N) is 1. The number of aliphatic carboxylic acids is 1. The number of carboxylic acids is 1. The normalized spacial score (nSPS) is 20.6. The first-order chi connectivity index (χ1) is 9.58. The van der Waals surface area contributed by atoms with Crippen LogP contribution in [0.15, 0.2) is 30.6 Å².